The molecule has 1 N–H and O–H groups in total. The fraction of sp³-hybridized carbons (Fsp3) is 0.533. The van der Waals surface area contributed by atoms with E-state index in [1.807, 2.05) is 24.8 Å². The highest BCUT2D eigenvalue weighted by atomic mass is 16.5. The molecule has 3 heterocycles. The number of morpholine rings is 1. The maximum absolute atomic E-state index is 12.1. The molecule has 124 valence electrons. The van der Waals surface area contributed by atoms with Gasteiger partial charge in [-0.1, -0.05) is 24.2 Å². The van der Waals surface area contributed by atoms with Gasteiger partial charge in [0.25, 0.3) is 5.91 Å². The van der Waals surface area contributed by atoms with E-state index < -0.39 is 0 Å². The van der Waals surface area contributed by atoms with Gasteiger partial charge < -0.3 is 24.0 Å². The van der Waals surface area contributed by atoms with Crippen molar-refractivity contribution in [2.24, 2.45) is 0 Å². The monoisotopic (exact) mass is 320 g/mol. The first-order valence-electron chi connectivity index (χ1n) is 7.66. The summed E-state index contributed by atoms with van der Waals surface area (Å²) < 4.78 is 15.6. The van der Waals surface area contributed by atoms with Crippen molar-refractivity contribution in [2.45, 2.75) is 26.3 Å². The third-order valence-corrected chi connectivity index (χ3v) is 3.63. The molecule has 0 aliphatic carbocycles. The van der Waals surface area contributed by atoms with Gasteiger partial charge >= 0.3 is 0 Å². The Morgan fingerprint density at radius 2 is 2.04 bits per heavy atom. The van der Waals surface area contributed by atoms with Gasteiger partial charge in [-0.2, -0.15) is 0 Å². The second-order valence-electron chi connectivity index (χ2n) is 5.71. The number of nitrogens with one attached hydrogen (secondary N) is 1. The molecule has 0 atom stereocenters. The first kappa shape index (κ1) is 15.5. The van der Waals surface area contributed by atoms with Crippen molar-refractivity contribution in [3.8, 4) is 0 Å². The van der Waals surface area contributed by atoms with Crippen LogP contribution in [0.4, 0.5) is 5.82 Å². The summed E-state index contributed by atoms with van der Waals surface area (Å²) in [7, 11) is 0. The van der Waals surface area contributed by atoms with Gasteiger partial charge in [0.05, 0.1) is 19.8 Å². The van der Waals surface area contributed by atoms with Crippen LogP contribution < -0.4 is 10.2 Å². The van der Waals surface area contributed by atoms with E-state index in [0.29, 0.717) is 24.7 Å². The summed E-state index contributed by atoms with van der Waals surface area (Å²) in [6.07, 6.45) is 0. The number of rotatable bonds is 5. The van der Waals surface area contributed by atoms with Gasteiger partial charge in [0.2, 0.25) is 5.76 Å². The number of hydrogen-bond donors (Lipinski definition) is 1. The number of amides is 1. The van der Waals surface area contributed by atoms with Crippen LogP contribution in [0, 0.1) is 0 Å². The van der Waals surface area contributed by atoms with Gasteiger partial charge in [0.15, 0.2) is 5.82 Å². The number of carbonyl (C=O) groups excluding carboxylic acids is 1. The lowest BCUT2D eigenvalue weighted by Crippen LogP contribution is -2.36. The van der Waals surface area contributed by atoms with Crippen LogP contribution in [0.15, 0.2) is 21.2 Å². The van der Waals surface area contributed by atoms with Crippen LogP contribution in [0.3, 0.4) is 0 Å². The van der Waals surface area contributed by atoms with Gasteiger partial charge in [-0.3, -0.25) is 4.79 Å². The molecule has 2 aromatic heterocycles. The minimum atomic E-state index is -0.328. The van der Waals surface area contributed by atoms with Crippen LogP contribution in [-0.4, -0.2) is 42.5 Å². The fourth-order valence-electron chi connectivity index (χ4n) is 2.26. The molecule has 0 bridgehead atoms. The van der Waals surface area contributed by atoms with E-state index in [0.717, 1.165) is 18.8 Å². The zero-order valence-electron chi connectivity index (χ0n) is 13.2. The number of hydrogen-bond acceptors (Lipinski definition) is 7. The Morgan fingerprint density at radius 3 is 2.74 bits per heavy atom. The molecule has 0 aromatic carbocycles. The molecule has 23 heavy (non-hydrogen) atoms. The molecule has 0 saturated carbocycles. The molecule has 8 heteroatoms. The van der Waals surface area contributed by atoms with E-state index >= 15 is 0 Å². The Hall–Kier alpha value is -2.35. The molecule has 8 nitrogen and oxygen atoms in total. The van der Waals surface area contributed by atoms with Crippen molar-refractivity contribution in [3.63, 3.8) is 0 Å². The van der Waals surface area contributed by atoms with Crippen LogP contribution in [0.2, 0.25) is 0 Å². The molecule has 0 unspecified atom stereocenters. The van der Waals surface area contributed by atoms with Gasteiger partial charge in [-0.05, 0) is 0 Å². The molecular weight excluding hydrogens is 300 g/mol. The lowest BCUT2D eigenvalue weighted by atomic mass is 10.1. The maximum atomic E-state index is 12.1. The minimum absolute atomic E-state index is 0.180. The molecule has 1 fully saturated rings. The zero-order valence-corrected chi connectivity index (χ0v) is 13.2. The highest BCUT2D eigenvalue weighted by Gasteiger charge is 2.19. The van der Waals surface area contributed by atoms with Gasteiger partial charge in [-0.25, -0.2) is 0 Å². The van der Waals surface area contributed by atoms with Crippen molar-refractivity contribution in [3.05, 3.63) is 29.3 Å². The molecule has 1 saturated heterocycles. The fourth-order valence-corrected chi connectivity index (χ4v) is 2.26. The Morgan fingerprint density at radius 1 is 1.26 bits per heavy atom. The Kier molecular flexibility index (Phi) is 4.61. The first-order valence-corrected chi connectivity index (χ1v) is 7.66. The van der Waals surface area contributed by atoms with Crippen molar-refractivity contribution < 1.29 is 18.6 Å². The summed E-state index contributed by atoms with van der Waals surface area (Å²) in [5.41, 5.74) is 0.676. The number of ether oxygens (including phenoxy) is 1. The normalized spacial score (nSPS) is 15.2. The number of anilines is 1. The third kappa shape index (κ3) is 3.70. The Labute approximate surface area is 133 Å². The quantitative estimate of drug-likeness (QED) is 0.893. The van der Waals surface area contributed by atoms with E-state index in [2.05, 4.69) is 15.6 Å². The summed E-state index contributed by atoms with van der Waals surface area (Å²) in [5, 5.41) is 10.6. The maximum Gasteiger partial charge on any atom is 0.290 e. The first-order chi connectivity index (χ1) is 11.1. The van der Waals surface area contributed by atoms with Crippen LogP contribution in [0.5, 0.6) is 0 Å². The predicted molar refractivity (Wildman–Crippen MR) is 81.3 cm³/mol. The van der Waals surface area contributed by atoms with Crippen molar-refractivity contribution in [1.82, 2.24) is 15.6 Å². The third-order valence-electron chi connectivity index (χ3n) is 3.63. The van der Waals surface area contributed by atoms with Crippen LogP contribution >= 0.6 is 0 Å². The highest BCUT2D eigenvalue weighted by Crippen LogP contribution is 2.17. The van der Waals surface area contributed by atoms with E-state index in [-0.39, 0.29) is 24.1 Å². The van der Waals surface area contributed by atoms with Crippen LogP contribution in [0.1, 0.15) is 41.8 Å². The number of carbonyl (C=O) groups is 1. The Bertz CT molecular complexity index is 658. The smallest absolute Gasteiger partial charge is 0.290 e. The molecule has 1 aliphatic rings. The topological polar surface area (TPSA) is 93.6 Å². The molecule has 0 radical (unpaired) electrons. The zero-order chi connectivity index (χ0) is 16.2. The SMILES string of the molecule is CC(C)c1cc(CNC(=O)c2cc(N3CCOCC3)no2)no1. The van der Waals surface area contributed by atoms with E-state index in [4.69, 9.17) is 13.8 Å². The second kappa shape index (κ2) is 6.82. The van der Waals surface area contributed by atoms with Crippen molar-refractivity contribution in [2.75, 3.05) is 31.2 Å². The summed E-state index contributed by atoms with van der Waals surface area (Å²) >= 11 is 0. The lowest BCUT2D eigenvalue weighted by molar-refractivity contribution is 0.0913. The number of nitrogens with zero attached hydrogens (tertiary/aromatic N) is 3. The van der Waals surface area contributed by atoms with Crippen LogP contribution in [-0.2, 0) is 11.3 Å². The van der Waals surface area contributed by atoms with Gasteiger partial charge in [-0.15, -0.1) is 0 Å². The average Bonchev–Trinajstić information content (AvgIpc) is 3.23. The highest BCUT2D eigenvalue weighted by molar-refractivity contribution is 5.92. The molecule has 1 amide bonds. The molecule has 3 rings (SSSR count). The molecule has 1 aliphatic heterocycles. The largest absolute Gasteiger partial charge is 0.378 e. The number of aromatic nitrogens is 2. The van der Waals surface area contributed by atoms with E-state index in [9.17, 15) is 4.79 Å². The van der Waals surface area contributed by atoms with Crippen molar-refractivity contribution >= 4 is 11.7 Å². The minimum Gasteiger partial charge on any atom is -0.378 e. The van der Waals surface area contributed by atoms with E-state index in [1.54, 1.807) is 6.07 Å². The standard InChI is InChI=1S/C15H20N4O4/c1-10(2)12-7-11(17-22-12)9-16-15(20)13-8-14(18-23-13)19-3-5-21-6-4-19/h7-8,10H,3-6,9H2,1-2H3,(H,16,20). The predicted octanol–water partition coefficient (Wildman–Crippen LogP) is 1.55. The molecular formula is C15H20N4O4. The summed E-state index contributed by atoms with van der Waals surface area (Å²) in [4.78, 5) is 14.1. The summed E-state index contributed by atoms with van der Waals surface area (Å²) in [5.74, 6) is 1.56. The van der Waals surface area contributed by atoms with Crippen LogP contribution in [0.25, 0.3) is 0 Å². The molecule has 2 aromatic rings. The average molecular weight is 320 g/mol. The Balaban J connectivity index is 1.56. The van der Waals surface area contributed by atoms with Gasteiger partial charge in [0.1, 0.15) is 11.5 Å². The summed E-state index contributed by atoms with van der Waals surface area (Å²) in [6, 6.07) is 3.48. The lowest BCUT2D eigenvalue weighted by Gasteiger charge is -2.25. The van der Waals surface area contributed by atoms with E-state index in [1.165, 1.54) is 0 Å². The second-order valence-corrected chi connectivity index (χ2v) is 5.71. The summed E-state index contributed by atoms with van der Waals surface area (Å²) in [6.45, 7) is 7.10. The molecule has 0 spiro atoms. The van der Waals surface area contributed by atoms with Crippen molar-refractivity contribution in [1.29, 1.82) is 0 Å². The van der Waals surface area contributed by atoms with Gasteiger partial charge in [0, 0.05) is 31.1 Å².